The Bertz CT molecular complexity index is 416. The number of aliphatic hydroxyl groups excluding tert-OH is 1. The Morgan fingerprint density at radius 2 is 1.94 bits per heavy atom. The zero-order valence-electron chi connectivity index (χ0n) is 10.1. The van der Waals surface area contributed by atoms with Crippen LogP contribution in [-0.4, -0.2) is 35.0 Å². The third-order valence-electron chi connectivity index (χ3n) is 2.95. The normalized spacial score (nSPS) is 21.2. The van der Waals surface area contributed by atoms with Gasteiger partial charge in [-0.05, 0) is 37.6 Å². The molecule has 0 atom stereocenters. The smallest absolute Gasteiger partial charge is 0.115 e. The van der Waals surface area contributed by atoms with Crippen molar-refractivity contribution in [2.45, 2.75) is 13.8 Å². The quantitative estimate of drug-likeness (QED) is 0.732. The molecule has 2 rings (SSSR count). The van der Waals surface area contributed by atoms with Crippen LogP contribution in [0.2, 0.25) is 0 Å². The SMILES string of the molecule is CC1=CN(C)CC=C1N1CC=C(O)C=C1C. The molecule has 0 bridgehead atoms. The number of aliphatic hydroxyl groups is 1. The molecule has 2 aliphatic rings. The van der Waals surface area contributed by atoms with Crippen molar-refractivity contribution in [2.75, 3.05) is 20.1 Å². The van der Waals surface area contributed by atoms with Crippen molar-refractivity contribution in [1.29, 1.82) is 0 Å². The number of allylic oxidation sites excluding steroid dienone is 3. The topological polar surface area (TPSA) is 26.7 Å². The van der Waals surface area contributed by atoms with Gasteiger partial charge in [-0.3, -0.25) is 0 Å². The lowest BCUT2D eigenvalue weighted by molar-refractivity contribution is 0.389. The Balaban J connectivity index is 2.22. The predicted molar refractivity (Wildman–Crippen MR) is 65.6 cm³/mol. The number of nitrogens with zero attached hydrogens (tertiary/aromatic N) is 2. The maximum atomic E-state index is 9.42. The molecule has 0 fully saturated rings. The molecule has 0 amide bonds. The Morgan fingerprint density at radius 3 is 2.56 bits per heavy atom. The molecule has 2 heterocycles. The highest BCUT2D eigenvalue weighted by atomic mass is 16.3. The van der Waals surface area contributed by atoms with E-state index in [2.05, 4.69) is 36.0 Å². The number of hydrogen-bond acceptors (Lipinski definition) is 3. The van der Waals surface area contributed by atoms with Crippen molar-refractivity contribution < 1.29 is 5.11 Å². The van der Waals surface area contributed by atoms with Crippen molar-refractivity contribution in [1.82, 2.24) is 9.80 Å². The van der Waals surface area contributed by atoms with E-state index >= 15 is 0 Å². The van der Waals surface area contributed by atoms with Gasteiger partial charge >= 0.3 is 0 Å². The van der Waals surface area contributed by atoms with Gasteiger partial charge in [-0.25, -0.2) is 0 Å². The van der Waals surface area contributed by atoms with E-state index in [1.807, 2.05) is 13.0 Å². The molecule has 0 unspecified atom stereocenters. The van der Waals surface area contributed by atoms with Crippen LogP contribution in [0, 0.1) is 0 Å². The van der Waals surface area contributed by atoms with Crippen LogP contribution < -0.4 is 0 Å². The number of hydrogen-bond donors (Lipinski definition) is 1. The molecule has 3 nitrogen and oxygen atoms in total. The van der Waals surface area contributed by atoms with E-state index in [0.717, 1.165) is 18.8 Å². The first-order valence-corrected chi connectivity index (χ1v) is 5.52. The highest BCUT2D eigenvalue weighted by Crippen LogP contribution is 2.25. The second-order valence-corrected chi connectivity index (χ2v) is 4.37. The fourth-order valence-corrected chi connectivity index (χ4v) is 2.13. The van der Waals surface area contributed by atoms with Crippen LogP contribution in [0.5, 0.6) is 0 Å². The Morgan fingerprint density at radius 1 is 1.19 bits per heavy atom. The monoisotopic (exact) mass is 218 g/mol. The van der Waals surface area contributed by atoms with E-state index in [-0.39, 0.29) is 0 Å². The van der Waals surface area contributed by atoms with Gasteiger partial charge in [0.05, 0.1) is 0 Å². The lowest BCUT2D eigenvalue weighted by Gasteiger charge is -2.33. The average Bonchev–Trinajstić information content (AvgIpc) is 2.19. The highest BCUT2D eigenvalue weighted by molar-refractivity contribution is 5.36. The first-order chi connectivity index (χ1) is 7.58. The zero-order chi connectivity index (χ0) is 11.7. The van der Waals surface area contributed by atoms with E-state index in [4.69, 9.17) is 0 Å². The third kappa shape index (κ3) is 1.98. The Hall–Kier alpha value is -1.64. The van der Waals surface area contributed by atoms with E-state index in [1.165, 1.54) is 11.3 Å². The van der Waals surface area contributed by atoms with Crippen LogP contribution >= 0.6 is 0 Å². The van der Waals surface area contributed by atoms with Crippen LogP contribution in [0.1, 0.15) is 13.8 Å². The predicted octanol–water partition coefficient (Wildman–Crippen LogP) is 2.38. The van der Waals surface area contributed by atoms with Crippen molar-refractivity contribution >= 4 is 0 Å². The van der Waals surface area contributed by atoms with E-state index in [0.29, 0.717) is 5.76 Å². The molecule has 0 saturated carbocycles. The molecular weight excluding hydrogens is 200 g/mol. The fourth-order valence-electron chi connectivity index (χ4n) is 2.13. The molecular formula is C13H18N2O. The van der Waals surface area contributed by atoms with Gasteiger partial charge in [-0.2, -0.15) is 0 Å². The standard InChI is InChI=1S/C13H18N2O/c1-10-9-14(3)6-5-13(10)15-7-4-12(16)8-11(15)2/h4-5,8-9,16H,6-7H2,1-3H3. The van der Waals surface area contributed by atoms with Crippen molar-refractivity contribution in [3.63, 3.8) is 0 Å². The van der Waals surface area contributed by atoms with Crippen LogP contribution in [0.25, 0.3) is 0 Å². The molecule has 3 heteroatoms. The zero-order valence-corrected chi connectivity index (χ0v) is 10.1. The molecule has 0 spiro atoms. The van der Waals surface area contributed by atoms with Gasteiger partial charge in [-0.15, -0.1) is 0 Å². The molecule has 0 aromatic heterocycles. The van der Waals surface area contributed by atoms with Gasteiger partial charge < -0.3 is 14.9 Å². The summed E-state index contributed by atoms with van der Waals surface area (Å²) in [6, 6.07) is 0. The largest absolute Gasteiger partial charge is 0.508 e. The second-order valence-electron chi connectivity index (χ2n) is 4.37. The summed E-state index contributed by atoms with van der Waals surface area (Å²) >= 11 is 0. The molecule has 0 saturated heterocycles. The molecule has 16 heavy (non-hydrogen) atoms. The summed E-state index contributed by atoms with van der Waals surface area (Å²) in [6.07, 6.45) is 8.01. The van der Waals surface area contributed by atoms with Crippen LogP contribution in [0.4, 0.5) is 0 Å². The van der Waals surface area contributed by atoms with Crippen molar-refractivity contribution in [3.8, 4) is 0 Å². The minimum absolute atomic E-state index is 0.365. The lowest BCUT2D eigenvalue weighted by Crippen LogP contribution is -2.28. The van der Waals surface area contributed by atoms with Gasteiger partial charge in [0.2, 0.25) is 0 Å². The molecule has 0 radical (unpaired) electrons. The first-order valence-electron chi connectivity index (χ1n) is 5.52. The van der Waals surface area contributed by atoms with Gasteiger partial charge in [-0.1, -0.05) is 0 Å². The minimum atomic E-state index is 0.365. The van der Waals surface area contributed by atoms with Crippen LogP contribution in [-0.2, 0) is 0 Å². The first kappa shape index (κ1) is 10.9. The Kier molecular flexibility index (Phi) is 2.77. The van der Waals surface area contributed by atoms with Crippen molar-refractivity contribution in [3.05, 3.63) is 47.2 Å². The van der Waals surface area contributed by atoms with E-state index < -0.39 is 0 Å². The summed E-state index contributed by atoms with van der Waals surface area (Å²) in [7, 11) is 2.07. The van der Waals surface area contributed by atoms with Crippen LogP contribution in [0.15, 0.2) is 47.2 Å². The fraction of sp³-hybridized carbons (Fsp3) is 0.385. The van der Waals surface area contributed by atoms with Gasteiger partial charge in [0.1, 0.15) is 5.76 Å². The average molecular weight is 218 g/mol. The molecule has 0 aliphatic carbocycles. The molecule has 0 aromatic rings. The summed E-state index contributed by atoms with van der Waals surface area (Å²) in [5.41, 5.74) is 3.59. The maximum absolute atomic E-state index is 9.42. The van der Waals surface area contributed by atoms with Gasteiger partial charge in [0, 0.05) is 37.7 Å². The van der Waals surface area contributed by atoms with E-state index in [1.54, 1.807) is 6.08 Å². The highest BCUT2D eigenvalue weighted by Gasteiger charge is 2.18. The third-order valence-corrected chi connectivity index (χ3v) is 2.95. The Labute approximate surface area is 96.7 Å². The molecule has 86 valence electrons. The van der Waals surface area contributed by atoms with Gasteiger partial charge in [0.25, 0.3) is 0 Å². The van der Waals surface area contributed by atoms with Crippen LogP contribution in [0.3, 0.4) is 0 Å². The molecule has 1 N–H and O–H groups in total. The summed E-state index contributed by atoms with van der Waals surface area (Å²) in [6.45, 7) is 5.82. The second kappa shape index (κ2) is 4.08. The summed E-state index contributed by atoms with van der Waals surface area (Å²) < 4.78 is 0. The molecule has 2 aliphatic heterocycles. The summed E-state index contributed by atoms with van der Waals surface area (Å²) in [5, 5.41) is 9.42. The lowest BCUT2D eigenvalue weighted by atomic mass is 10.1. The minimum Gasteiger partial charge on any atom is -0.508 e. The number of rotatable bonds is 1. The van der Waals surface area contributed by atoms with E-state index in [9.17, 15) is 5.11 Å². The summed E-state index contributed by atoms with van der Waals surface area (Å²) in [5.74, 6) is 0.365. The summed E-state index contributed by atoms with van der Waals surface area (Å²) in [4.78, 5) is 4.38. The van der Waals surface area contributed by atoms with Crippen molar-refractivity contribution in [2.24, 2.45) is 0 Å². The molecule has 0 aromatic carbocycles. The van der Waals surface area contributed by atoms with Gasteiger partial charge in [0.15, 0.2) is 0 Å². The number of likely N-dealkylation sites (N-methyl/N-ethyl adjacent to an activating group) is 1. The maximum Gasteiger partial charge on any atom is 0.115 e.